The largest absolute Gasteiger partial charge is 0.345 e. The van der Waals surface area contributed by atoms with E-state index in [2.05, 4.69) is 25.6 Å². The Kier molecular flexibility index (Phi) is 3.27. The normalized spacial score (nSPS) is 10.5. The summed E-state index contributed by atoms with van der Waals surface area (Å²) < 4.78 is 8.33. The maximum absolute atomic E-state index is 4.43. The summed E-state index contributed by atoms with van der Waals surface area (Å²) in [5, 5.41) is 0.972. The third kappa shape index (κ3) is 2.51. The fraction of sp³-hybridized carbons (Fsp3) is 0.444. The van der Waals surface area contributed by atoms with Crippen LogP contribution in [0, 0.1) is 0 Å². The smallest absolute Gasteiger partial charge is 0.205 e. The van der Waals surface area contributed by atoms with Crippen molar-refractivity contribution in [1.82, 2.24) is 13.7 Å². The van der Waals surface area contributed by atoms with E-state index in [1.54, 1.807) is 0 Å². The predicted molar refractivity (Wildman–Crippen MR) is 63.5 cm³/mol. The van der Waals surface area contributed by atoms with Gasteiger partial charge in [0.25, 0.3) is 0 Å². The van der Waals surface area contributed by atoms with Crippen LogP contribution in [-0.2, 0) is 13.0 Å². The number of hydrogen-bond acceptors (Lipinski definition) is 6. The van der Waals surface area contributed by atoms with Gasteiger partial charge < -0.3 is 4.90 Å². The molecule has 0 aromatic carbocycles. The second kappa shape index (κ2) is 4.67. The molecule has 0 N–H and O–H groups in total. The second-order valence-corrected chi connectivity index (χ2v) is 4.83. The first-order chi connectivity index (χ1) is 7.29. The third-order valence-corrected chi connectivity index (χ3v) is 3.58. The standard InChI is InChI=1S/C9H12N4S2/c1-3-8-11-9(15-12-8)13(2)6-7-4-5-10-14-7/h4-5H,3,6H2,1-2H3. The summed E-state index contributed by atoms with van der Waals surface area (Å²) in [7, 11) is 2.03. The van der Waals surface area contributed by atoms with E-state index in [1.807, 2.05) is 19.3 Å². The number of hydrogen-bond donors (Lipinski definition) is 0. The highest BCUT2D eigenvalue weighted by Crippen LogP contribution is 2.19. The lowest BCUT2D eigenvalue weighted by Crippen LogP contribution is -2.15. The van der Waals surface area contributed by atoms with E-state index in [4.69, 9.17) is 0 Å². The SMILES string of the molecule is CCc1nsc(N(C)Cc2ccns2)n1. The van der Waals surface area contributed by atoms with Crippen molar-refractivity contribution in [1.29, 1.82) is 0 Å². The minimum Gasteiger partial charge on any atom is -0.345 e. The van der Waals surface area contributed by atoms with E-state index in [0.29, 0.717) is 0 Å². The first kappa shape index (κ1) is 10.5. The highest BCUT2D eigenvalue weighted by Gasteiger charge is 2.08. The molecule has 0 atom stereocenters. The molecule has 0 aliphatic carbocycles. The highest BCUT2D eigenvalue weighted by atomic mass is 32.1. The van der Waals surface area contributed by atoms with Gasteiger partial charge >= 0.3 is 0 Å². The lowest BCUT2D eigenvalue weighted by atomic mass is 10.4. The summed E-state index contributed by atoms with van der Waals surface area (Å²) in [5.41, 5.74) is 0. The Hall–Kier alpha value is -1.01. The van der Waals surface area contributed by atoms with Gasteiger partial charge in [-0.15, -0.1) is 0 Å². The van der Waals surface area contributed by atoms with Crippen LogP contribution in [-0.4, -0.2) is 20.8 Å². The lowest BCUT2D eigenvalue weighted by Gasteiger charge is -2.12. The van der Waals surface area contributed by atoms with Crippen molar-refractivity contribution >= 4 is 28.2 Å². The molecular weight excluding hydrogens is 228 g/mol. The molecule has 0 unspecified atom stereocenters. The monoisotopic (exact) mass is 240 g/mol. The van der Waals surface area contributed by atoms with Gasteiger partial charge in [0, 0.05) is 36.1 Å². The van der Waals surface area contributed by atoms with Crippen LogP contribution in [0.25, 0.3) is 0 Å². The van der Waals surface area contributed by atoms with E-state index in [9.17, 15) is 0 Å². The van der Waals surface area contributed by atoms with Crippen LogP contribution < -0.4 is 4.90 Å². The van der Waals surface area contributed by atoms with E-state index >= 15 is 0 Å². The van der Waals surface area contributed by atoms with Gasteiger partial charge in [0.15, 0.2) is 0 Å². The van der Waals surface area contributed by atoms with E-state index in [0.717, 1.165) is 23.9 Å². The minimum atomic E-state index is 0.850. The van der Waals surface area contributed by atoms with Crippen molar-refractivity contribution in [3.63, 3.8) is 0 Å². The maximum atomic E-state index is 4.43. The fourth-order valence-electron chi connectivity index (χ4n) is 1.17. The Balaban J connectivity index is 2.04. The molecule has 0 fully saturated rings. The Bertz CT molecular complexity index is 409. The number of aromatic nitrogens is 3. The van der Waals surface area contributed by atoms with Crippen LogP contribution in [0.2, 0.25) is 0 Å². The van der Waals surface area contributed by atoms with Gasteiger partial charge in [0.2, 0.25) is 5.13 Å². The van der Waals surface area contributed by atoms with Gasteiger partial charge in [-0.05, 0) is 17.6 Å². The molecule has 0 spiro atoms. The average Bonchev–Trinajstić information content (AvgIpc) is 2.86. The molecule has 0 radical (unpaired) electrons. The quantitative estimate of drug-likeness (QED) is 0.821. The summed E-state index contributed by atoms with van der Waals surface area (Å²) >= 11 is 2.98. The molecule has 2 rings (SSSR count). The summed E-state index contributed by atoms with van der Waals surface area (Å²) in [6.45, 7) is 2.91. The zero-order valence-electron chi connectivity index (χ0n) is 8.67. The zero-order chi connectivity index (χ0) is 10.7. The average molecular weight is 240 g/mol. The minimum absolute atomic E-state index is 0.850. The molecule has 15 heavy (non-hydrogen) atoms. The Morgan fingerprint density at radius 1 is 1.40 bits per heavy atom. The van der Waals surface area contributed by atoms with Gasteiger partial charge in [0.05, 0.1) is 6.54 Å². The first-order valence-electron chi connectivity index (χ1n) is 4.73. The number of nitrogens with zero attached hydrogens (tertiary/aromatic N) is 4. The molecule has 2 heterocycles. The fourth-order valence-corrected chi connectivity index (χ4v) is 2.51. The van der Waals surface area contributed by atoms with E-state index in [1.165, 1.54) is 27.9 Å². The molecule has 4 nitrogen and oxygen atoms in total. The van der Waals surface area contributed by atoms with Gasteiger partial charge in [-0.2, -0.15) is 4.37 Å². The predicted octanol–water partition coefficient (Wildman–Crippen LogP) is 2.19. The van der Waals surface area contributed by atoms with Gasteiger partial charge in [-0.25, -0.2) is 9.36 Å². The van der Waals surface area contributed by atoms with Gasteiger partial charge in [-0.1, -0.05) is 6.92 Å². The summed E-state index contributed by atoms with van der Waals surface area (Å²) in [6, 6.07) is 2.03. The number of anilines is 1. The Morgan fingerprint density at radius 2 is 2.27 bits per heavy atom. The number of rotatable bonds is 4. The Labute approximate surface area is 96.9 Å². The molecule has 2 aromatic heterocycles. The van der Waals surface area contributed by atoms with Crippen molar-refractivity contribution in [2.45, 2.75) is 19.9 Å². The van der Waals surface area contributed by atoms with Crippen LogP contribution in [0.15, 0.2) is 12.3 Å². The van der Waals surface area contributed by atoms with Crippen molar-refractivity contribution in [2.24, 2.45) is 0 Å². The third-order valence-electron chi connectivity index (χ3n) is 1.98. The van der Waals surface area contributed by atoms with E-state index < -0.39 is 0 Å². The molecule has 80 valence electrons. The molecule has 2 aromatic rings. The molecule has 0 aliphatic rings. The summed E-state index contributed by atoms with van der Waals surface area (Å²) in [4.78, 5) is 7.77. The molecular formula is C9H12N4S2. The van der Waals surface area contributed by atoms with Gasteiger partial charge in [0.1, 0.15) is 5.82 Å². The van der Waals surface area contributed by atoms with E-state index in [-0.39, 0.29) is 0 Å². The molecule has 0 aliphatic heterocycles. The topological polar surface area (TPSA) is 41.9 Å². The maximum Gasteiger partial charge on any atom is 0.205 e. The van der Waals surface area contributed by atoms with Crippen LogP contribution in [0.3, 0.4) is 0 Å². The van der Waals surface area contributed by atoms with Crippen LogP contribution in [0.5, 0.6) is 0 Å². The van der Waals surface area contributed by atoms with Crippen molar-refractivity contribution in [3.8, 4) is 0 Å². The molecule has 0 amide bonds. The van der Waals surface area contributed by atoms with Crippen LogP contribution in [0.4, 0.5) is 5.13 Å². The summed E-state index contributed by atoms with van der Waals surface area (Å²) in [5.74, 6) is 0.922. The first-order valence-corrected chi connectivity index (χ1v) is 6.27. The van der Waals surface area contributed by atoms with Crippen molar-refractivity contribution in [2.75, 3.05) is 11.9 Å². The Morgan fingerprint density at radius 3 is 2.87 bits per heavy atom. The van der Waals surface area contributed by atoms with Crippen molar-refractivity contribution < 1.29 is 0 Å². The molecule has 0 saturated carbocycles. The van der Waals surface area contributed by atoms with Gasteiger partial charge in [-0.3, -0.25) is 0 Å². The zero-order valence-corrected chi connectivity index (χ0v) is 10.3. The highest BCUT2D eigenvalue weighted by molar-refractivity contribution is 7.09. The lowest BCUT2D eigenvalue weighted by molar-refractivity contribution is 0.910. The van der Waals surface area contributed by atoms with Crippen LogP contribution >= 0.6 is 23.1 Å². The summed E-state index contributed by atoms with van der Waals surface area (Å²) in [6.07, 6.45) is 2.72. The number of aryl methyl sites for hydroxylation is 1. The van der Waals surface area contributed by atoms with Crippen molar-refractivity contribution in [3.05, 3.63) is 23.0 Å². The molecule has 6 heteroatoms. The molecule has 0 saturated heterocycles. The molecule has 0 bridgehead atoms. The second-order valence-electron chi connectivity index (χ2n) is 3.18. The van der Waals surface area contributed by atoms with Crippen LogP contribution in [0.1, 0.15) is 17.6 Å².